The van der Waals surface area contributed by atoms with Gasteiger partial charge in [-0.05, 0) is 51.3 Å². The molecule has 0 radical (unpaired) electrons. The first-order valence-corrected chi connectivity index (χ1v) is 10.2. The van der Waals surface area contributed by atoms with E-state index >= 15 is 0 Å². The average Bonchev–Trinajstić information content (AvgIpc) is 2.67. The Balaban J connectivity index is 1.67. The lowest BCUT2D eigenvalue weighted by Crippen LogP contribution is -2.40. The van der Waals surface area contributed by atoms with Gasteiger partial charge in [0.25, 0.3) is 5.56 Å². The molecule has 0 atom stereocenters. The molecule has 0 aliphatic carbocycles. The van der Waals surface area contributed by atoms with Crippen LogP contribution in [0.1, 0.15) is 49.7 Å². The lowest BCUT2D eigenvalue weighted by molar-refractivity contribution is 0.250. The maximum absolute atomic E-state index is 12.6. The highest BCUT2D eigenvalue weighted by atomic mass is 16.2. The van der Waals surface area contributed by atoms with E-state index in [-0.39, 0.29) is 11.2 Å². The average molecular weight is 370 g/mol. The van der Waals surface area contributed by atoms with Gasteiger partial charge in [-0.25, -0.2) is 4.79 Å². The van der Waals surface area contributed by atoms with Gasteiger partial charge in [0.05, 0.1) is 0 Å². The molecule has 0 spiro atoms. The van der Waals surface area contributed by atoms with Crippen molar-refractivity contribution in [1.29, 1.82) is 0 Å². The third-order valence-corrected chi connectivity index (χ3v) is 5.39. The molecule has 1 aromatic carbocycles. The van der Waals surface area contributed by atoms with Crippen LogP contribution in [-0.2, 0) is 19.6 Å². The number of aromatic nitrogens is 2. The fourth-order valence-electron chi connectivity index (χ4n) is 3.84. The lowest BCUT2D eigenvalue weighted by atomic mass is 10.1. The molecule has 0 saturated heterocycles. The molecule has 1 aliphatic rings. The molecule has 2 aromatic rings. The number of fused-ring (bicyclic) bond motifs is 2. The van der Waals surface area contributed by atoms with E-state index in [2.05, 4.69) is 35.2 Å². The molecule has 1 aliphatic heterocycles. The fourth-order valence-corrected chi connectivity index (χ4v) is 3.84. The van der Waals surface area contributed by atoms with E-state index in [0.717, 1.165) is 58.2 Å². The number of rotatable bonds is 2. The van der Waals surface area contributed by atoms with Gasteiger partial charge in [-0.15, -0.1) is 0 Å². The third kappa shape index (κ3) is 5.42. The van der Waals surface area contributed by atoms with Crippen molar-refractivity contribution in [3.8, 4) is 0 Å². The third-order valence-electron chi connectivity index (χ3n) is 5.39. The molecule has 0 saturated carbocycles. The van der Waals surface area contributed by atoms with E-state index < -0.39 is 0 Å². The van der Waals surface area contributed by atoms with Crippen LogP contribution in [0, 0.1) is 6.92 Å². The predicted molar refractivity (Wildman–Crippen MR) is 109 cm³/mol. The van der Waals surface area contributed by atoms with Gasteiger partial charge in [0.1, 0.15) is 0 Å². The van der Waals surface area contributed by atoms with Gasteiger partial charge in [-0.1, -0.05) is 43.2 Å². The van der Waals surface area contributed by atoms with Gasteiger partial charge >= 0.3 is 5.69 Å². The summed E-state index contributed by atoms with van der Waals surface area (Å²) in [6.07, 6.45) is 7.94. The minimum atomic E-state index is -0.145. The zero-order valence-corrected chi connectivity index (χ0v) is 16.4. The van der Waals surface area contributed by atoms with E-state index in [9.17, 15) is 9.59 Å². The maximum Gasteiger partial charge on any atom is 0.330 e. The van der Waals surface area contributed by atoms with Crippen LogP contribution < -0.4 is 11.2 Å². The molecule has 5 nitrogen and oxygen atoms in total. The van der Waals surface area contributed by atoms with Gasteiger partial charge < -0.3 is 4.57 Å². The van der Waals surface area contributed by atoms with E-state index in [1.165, 1.54) is 10.1 Å². The Labute approximate surface area is 161 Å². The molecule has 3 rings (SSSR count). The highest BCUT2D eigenvalue weighted by molar-refractivity contribution is 5.14. The van der Waals surface area contributed by atoms with E-state index in [0.29, 0.717) is 18.7 Å². The number of hydrogen-bond acceptors (Lipinski definition) is 3. The number of aryl methyl sites for hydroxylation is 2. The van der Waals surface area contributed by atoms with Gasteiger partial charge in [0, 0.05) is 31.4 Å². The first kappa shape index (κ1) is 19.6. The van der Waals surface area contributed by atoms with Crippen molar-refractivity contribution >= 4 is 0 Å². The molecule has 2 heterocycles. The number of nitrogens with zero attached hydrogens (tertiary/aromatic N) is 3. The van der Waals surface area contributed by atoms with Crippen LogP contribution in [0.25, 0.3) is 0 Å². The summed E-state index contributed by atoms with van der Waals surface area (Å²) in [6.45, 7) is 6.19. The van der Waals surface area contributed by atoms with Crippen molar-refractivity contribution in [2.45, 2.75) is 65.1 Å². The Morgan fingerprint density at radius 1 is 0.815 bits per heavy atom. The Morgan fingerprint density at radius 2 is 1.44 bits per heavy atom. The topological polar surface area (TPSA) is 47.2 Å². The van der Waals surface area contributed by atoms with Crippen molar-refractivity contribution in [2.24, 2.45) is 0 Å². The van der Waals surface area contributed by atoms with Crippen LogP contribution in [0.5, 0.6) is 0 Å². The summed E-state index contributed by atoms with van der Waals surface area (Å²) in [5.41, 5.74) is 1.75. The predicted octanol–water partition coefficient (Wildman–Crippen LogP) is 3.17. The van der Waals surface area contributed by atoms with E-state index in [4.69, 9.17) is 0 Å². The number of benzene rings is 1. The van der Waals surface area contributed by atoms with E-state index in [1.54, 1.807) is 17.7 Å². The minimum Gasteiger partial charge on any atom is -0.300 e. The van der Waals surface area contributed by atoms with Crippen LogP contribution in [-0.4, -0.2) is 27.1 Å². The molecule has 0 N–H and O–H groups in total. The highest BCUT2D eigenvalue weighted by Crippen LogP contribution is 2.10. The first-order valence-electron chi connectivity index (χ1n) is 10.2. The second-order valence-electron chi connectivity index (χ2n) is 7.63. The summed E-state index contributed by atoms with van der Waals surface area (Å²) in [5.74, 6) is 0. The van der Waals surface area contributed by atoms with Crippen LogP contribution in [0.2, 0.25) is 0 Å². The smallest absolute Gasteiger partial charge is 0.300 e. The molecule has 0 fully saturated rings. The summed E-state index contributed by atoms with van der Waals surface area (Å²) in [5, 5.41) is 0. The summed E-state index contributed by atoms with van der Waals surface area (Å²) < 4.78 is 3.16. The lowest BCUT2D eigenvalue weighted by Gasteiger charge is -2.23. The highest BCUT2D eigenvalue weighted by Gasteiger charge is 2.11. The molecule has 0 amide bonds. The Hall–Kier alpha value is -2.14. The molecule has 5 heteroatoms. The molecule has 146 valence electrons. The zero-order chi connectivity index (χ0) is 19.1. The minimum absolute atomic E-state index is 0.131. The maximum atomic E-state index is 12.6. The van der Waals surface area contributed by atoms with Crippen LogP contribution in [0.3, 0.4) is 0 Å². The summed E-state index contributed by atoms with van der Waals surface area (Å²) in [7, 11) is 0. The normalized spacial score (nSPS) is 17.4. The first-order chi connectivity index (χ1) is 13.1. The van der Waals surface area contributed by atoms with Crippen molar-refractivity contribution in [3.05, 3.63) is 68.5 Å². The Kier molecular flexibility index (Phi) is 7.04. The largest absolute Gasteiger partial charge is 0.330 e. The number of hydrogen-bond donors (Lipinski definition) is 0. The monoisotopic (exact) mass is 369 g/mol. The SMILES string of the molecule is Cc1cn2c(=O)n(c1=O)CCCCCN(Cc1ccccc1)CCCCC2. The van der Waals surface area contributed by atoms with Crippen molar-refractivity contribution < 1.29 is 0 Å². The van der Waals surface area contributed by atoms with Crippen LogP contribution in [0.15, 0.2) is 46.1 Å². The molecule has 0 unspecified atom stereocenters. The Bertz CT molecular complexity index is 839. The second kappa shape index (κ2) is 9.70. The standard InChI is InChI=1S/C22H31N3O2/c1-19-17-24-15-9-3-7-13-23(18-20-11-5-2-6-12-20)14-8-4-10-16-25(21(19)26)22(24)27/h2,5-6,11-12,17H,3-4,7-10,13-16,18H2,1H3. The summed E-state index contributed by atoms with van der Waals surface area (Å²) in [4.78, 5) is 27.5. The van der Waals surface area contributed by atoms with Gasteiger partial charge in [-0.3, -0.25) is 14.3 Å². The van der Waals surface area contributed by atoms with Crippen LogP contribution >= 0.6 is 0 Å². The summed E-state index contributed by atoms with van der Waals surface area (Å²) >= 11 is 0. The Morgan fingerprint density at radius 3 is 2.15 bits per heavy atom. The van der Waals surface area contributed by atoms with Crippen molar-refractivity contribution in [1.82, 2.24) is 14.0 Å². The van der Waals surface area contributed by atoms with Gasteiger partial charge in [-0.2, -0.15) is 0 Å². The summed E-state index contributed by atoms with van der Waals surface area (Å²) in [6, 6.07) is 10.7. The fraction of sp³-hybridized carbons (Fsp3) is 0.545. The van der Waals surface area contributed by atoms with Crippen LogP contribution in [0.4, 0.5) is 0 Å². The zero-order valence-electron chi connectivity index (χ0n) is 16.4. The quantitative estimate of drug-likeness (QED) is 0.817. The van der Waals surface area contributed by atoms with E-state index in [1.807, 2.05) is 0 Å². The molecule has 27 heavy (non-hydrogen) atoms. The second-order valence-corrected chi connectivity index (χ2v) is 7.63. The van der Waals surface area contributed by atoms with Gasteiger partial charge in [0.2, 0.25) is 0 Å². The van der Waals surface area contributed by atoms with Gasteiger partial charge in [0.15, 0.2) is 0 Å². The molecule has 2 bridgehead atoms. The van der Waals surface area contributed by atoms with Crippen molar-refractivity contribution in [3.63, 3.8) is 0 Å². The molecule has 1 aromatic heterocycles. The van der Waals surface area contributed by atoms with Crippen molar-refractivity contribution in [2.75, 3.05) is 13.1 Å². The molecular formula is C22H31N3O2. The molecular weight excluding hydrogens is 338 g/mol.